The van der Waals surface area contributed by atoms with Crippen molar-refractivity contribution in [3.63, 3.8) is 0 Å². The van der Waals surface area contributed by atoms with Crippen LogP contribution in [0.5, 0.6) is 0 Å². The Bertz CT molecular complexity index is 383. The molecule has 1 atom stereocenters. The summed E-state index contributed by atoms with van der Waals surface area (Å²) in [7, 11) is 0. The van der Waals surface area contributed by atoms with Crippen LogP contribution in [-0.4, -0.2) is 26.4 Å². The summed E-state index contributed by atoms with van der Waals surface area (Å²) in [5, 5.41) is 8.85. The van der Waals surface area contributed by atoms with E-state index < -0.39 is 11.9 Å². The standard InChI is InChI=1S/C9H10N2O3/c12-8-6(9(13)14)2-1-3-11-5-10-4-7(8)11/h4-6H,1-3H2,(H,13,14). The Morgan fingerprint density at radius 3 is 3.14 bits per heavy atom. The Morgan fingerprint density at radius 2 is 2.43 bits per heavy atom. The maximum Gasteiger partial charge on any atom is 0.314 e. The normalized spacial score (nSPS) is 21.4. The third kappa shape index (κ3) is 1.30. The van der Waals surface area contributed by atoms with E-state index in [-0.39, 0.29) is 5.78 Å². The van der Waals surface area contributed by atoms with Gasteiger partial charge in [0.15, 0.2) is 5.78 Å². The summed E-state index contributed by atoms with van der Waals surface area (Å²) in [5.41, 5.74) is 0.412. The summed E-state index contributed by atoms with van der Waals surface area (Å²) in [5.74, 6) is -2.26. The molecule has 1 N–H and O–H groups in total. The number of hydrogen-bond acceptors (Lipinski definition) is 3. The van der Waals surface area contributed by atoms with Gasteiger partial charge in [-0.1, -0.05) is 0 Å². The molecule has 1 aliphatic rings. The minimum atomic E-state index is -1.04. The monoisotopic (exact) mass is 194 g/mol. The lowest BCUT2D eigenvalue weighted by Gasteiger charge is -2.05. The lowest BCUT2D eigenvalue weighted by molar-refractivity contribution is -0.140. The van der Waals surface area contributed by atoms with E-state index in [1.54, 1.807) is 10.9 Å². The Morgan fingerprint density at radius 1 is 1.64 bits per heavy atom. The van der Waals surface area contributed by atoms with Gasteiger partial charge in [0, 0.05) is 6.54 Å². The zero-order chi connectivity index (χ0) is 10.1. The summed E-state index contributed by atoms with van der Waals surface area (Å²) in [6.45, 7) is 0.671. The molecule has 2 rings (SSSR count). The van der Waals surface area contributed by atoms with Crippen LogP contribution in [0.4, 0.5) is 0 Å². The van der Waals surface area contributed by atoms with E-state index in [1.165, 1.54) is 6.20 Å². The van der Waals surface area contributed by atoms with Crippen molar-refractivity contribution in [2.24, 2.45) is 5.92 Å². The molecule has 1 aromatic rings. The maximum absolute atomic E-state index is 11.7. The molecule has 0 radical (unpaired) electrons. The molecule has 5 heteroatoms. The molecule has 1 aliphatic heterocycles. The number of carboxylic acid groups (broad SMARTS) is 1. The van der Waals surface area contributed by atoms with Crippen LogP contribution in [0.2, 0.25) is 0 Å². The SMILES string of the molecule is O=C(O)C1CCCn2cncc2C1=O. The molecule has 0 bridgehead atoms. The third-order valence-electron chi connectivity index (χ3n) is 2.47. The molecule has 0 aliphatic carbocycles. The van der Waals surface area contributed by atoms with Gasteiger partial charge in [0.05, 0.1) is 12.5 Å². The van der Waals surface area contributed by atoms with Crippen molar-refractivity contribution in [1.82, 2.24) is 9.55 Å². The predicted molar refractivity (Wildman–Crippen MR) is 46.9 cm³/mol. The molecule has 2 heterocycles. The van der Waals surface area contributed by atoms with Crippen LogP contribution in [0.3, 0.4) is 0 Å². The second-order valence-corrected chi connectivity index (χ2v) is 3.37. The Labute approximate surface area is 80.4 Å². The topological polar surface area (TPSA) is 72.2 Å². The summed E-state index contributed by atoms with van der Waals surface area (Å²) in [4.78, 5) is 26.3. The minimum Gasteiger partial charge on any atom is -0.481 e. The molecule has 1 aromatic heterocycles. The van der Waals surface area contributed by atoms with Crippen LogP contribution in [-0.2, 0) is 11.3 Å². The van der Waals surface area contributed by atoms with Gasteiger partial charge in [-0.3, -0.25) is 9.59 Å². The second kappa shape index (κ2) is 3.25. The van der Waals surface area contributed by atoms with Gasteiger partial charge >= 0.3 is 5.97 Å². The molecule has 14 heavy (non-hydrogen) atoms. The predicted octanol–water partition coefficient (Wildman–Crippen LogP) is 0.560. The molecule has 0 amide bonds. The van der Waals surface area contributed by atoms with Gasteiger partial charge in [0.25, 0.3) is 0 Å². The van der Waals surface area contributed by atoms with Crippen LogP contribution in [0, 0.1) is 5.92 Å². The number of ketones is 1. The largest absolute Gasteiger partial charge is 0.481 e. The molecule has 74 valence electrons. The lowest BCUT2D eigenvalue weighted by atomic mass is 9.98. The molecular formula is C9H10N2O3. The first kappa shape index (κ1) is 8.93. The molecule has 0 saturated heterocycles. The van der Waals surface area contributed by atoms with E-state index in [1.807, 2.05) is 0 Å². The fourth-order valence-electron chi connectivity index (χ4n) is 1.72. The van der Waals surface area contributed by atoms with Gasteiger partial charge in [0.2, 0.25) is 0 Å². The highest BCUT2D eigenvalue weighted by molar-refractivity contribution is 6.07. The lowest BCUT2D eigenvalue weighted by Crippen LogP contribution is -2.23. The minimum absolute atomic E-state index is 0.326. The first-order valence-electron chi connectivity index (χ1n) is 4.47. The Hall–Kier alpha value is -1.65. The van der Waals surface area contributed by atoms with E-state index in [0.29, 0.717) is 25.1 Å². The van der Waals surface area contributed by atoms with Crippen LogP contribution < -0.4 is 0 Å². The van der Waals surface area contributed by atoms with Crippen molar-refractivity contribution in [2.45, 2.75) is 19.4 Å². The van der Waals surface area contributed by atoms with Gasteiger partial charge in [-0.15, -0.1) is 0 Å². The van der Waals surface area contributed by atoms with Crippen LogP contribution in [0.25, 0.3) is 0 Å². The van der Waals surface area contributed by atoms with Crippen molar-refractivity contribution >= 4 is 11.8 Å². The smallest absolute Gasteiger partial charge is 0.314 e. The van der Waals surface area contributed by atoms with Crippen molar-refractivity contribution in [2.75, 3.05) is 0 Å². The van der Waals surface area contributed by atoms with E-state index >= 15 is 0 Å². The van der Waals surface area contributed by atoms with Crippen molar-refractivity contribution in [3.8, 4) is 0 Å². The number of carboxylic acids is 1. The fourth-order valence-corrected chi connectivity index (χ4v) is 1.72. The highest BCUT2D eigenvalue weighted by Crippen LogP contribution is 2.19. The van der Waals surface area contributed by atoms with Crippen molar-refractivity contribution < 1.29 is 14.7 Å². The van der Waals surface area contributed by atoms with Gasteiger partial charge < -0.3 is 9.67 Å². The Kier molecular flexibility index (Phi) is 2.07. The highest BCUT2D eigenvalue weighted by Gasteiger charge is 2.31. The van der Waals surface area contributed by atoms with Gasteiger partial charge in [-0.05, 0) is 12.8 Å². The number of Topliss-reactive ketones (excluding diaryl/α,β-unsaturated/α-hetero) is 1. The van der Waals surface area contributed by atoms with Gasteiger partial charge in [-0.2, -0.15) is 0 Å². The number of fused-ring (bicyclic) bond motifs is 1. The number of aliphatic carboxylic acids is 1. The van der Waals surface area contributed by atoms with Crippen LogP contribution >= 0.6 is 0 Å². The number of imidazole rings is 1. The maximum atomic E-state index is 11.7. The zero-order valence-electron chi connectivity index (χ0n) is 7.51. The number of carbonyl (C=O) groups is 2. The second-order valence-electron chi connectivity index (χ2n) is 3.37. The van der Waals surface area contributed by atoms with E-state index in [0.717, 1.165) is 0 Å². The fraction of sp³-hybridized carbons (Fsp3) is 0.444. The average molecular weight is 194 g/mol. The molecule has 0 spiro atoms. The number of aryl methyl sites for hydroxylation is 1. The van der Waals surface area contributed by atoms with Crippen molar-refractivity contribution in [3.05, 3.63) is 18.2 Å². The zero-order valence-corrected chi connectivity index (χ0v) is 7.51. The third-order valence-corrected chi connectivity index (χ3v) is 2.47. The molecular weight excluding hydrogens is 184 g/mol. The van der Waals surface area contributed by atoms with Crippen LogP contribution in [0.15, 0.2) is 12.5 Å². The average Bonchev–Trinajstić information content (AvgIpc) is 2.53. The summed E-state index contributed by atoms with van der Waals surface area (Å²) in [6, 6.07) is 0. The summed E-state index contributed by atoms with van der Waals surface area (Å²) >= 11 is 0. The van der Waals surface area contributed by atoms with Crippen LogP contribution in [0.1, 0.15) is 23.3 Å². The van der Waals surface area contributed by atoms with E-state index in [9.17, 15) is 9.59 Å². The highest BCUT2D eigenvalue weighted by atomic mass is 16.4. The van der Waals surface area contributed by atoms with Gasteiger partial charge in [-0.25, -0.2) is 4.98 Å². The molecule has 0 aromatic carbocycles. The Balaban J connectivity index is 2.38. The number of carbonyl (C=O) groups excluding carboxylic acids is 1. The number of hydrogen-bond donors (Lipinski definition) is 1. The number of rotatable bonds is 1. The molecule has 5 nitrogen and oxygen atoms in total. The molecule has 0 saturated carbocycles. The van der Waals surface area contributed by atoms with Gasteiger partial charge in [0.1, 0.15) is 11.6 Å². The first-order valence-corrected chi connectivity index (χ1v) is 4.47. The number of nitrogens with zero attached hydrogens (tertiary/aromatic N) is 2. The van der Waals surface area contributed by atoms with E-state index in [2.05, 4.69) is 4.98 Å². The summed E-state index contributed by atoms with van der Waals surface area (Å²) < 4.78 is 1.71. The first-order chi connectivity index (χ1) is 6.70. The number of aromatic nitrogens is 2. The summed E-state index contributed by atoms with van der Waals surface area (Å²) in [6.07, 6.45) is 4.11. The molecule has 1 unspecified atom stereocenters. The quantitative estimate of drug-likeness (QED) is 0.663. The van der Waals surface area contributed by atoms with E-state index in [4.69, 9.17) is 5.11 Å². The molecule has 0 fully saturated rings. The van der Waals surface area contributed by atoms with Crippen molar-refractivity contribution in [1.29, 1.82) is 0 Å².